The first kappa shape index (κ1) is 13.4. The van der Waals surface area contributed by atoms with Crippen LogP contribution in [0.2, 0.25) is 0 Å². The Bertz CT molecular complexity index is 342. The molecule has 0 radical (unpaired) electrons. The van der Waals surface area contributed by atoms with Crippen molar-refractivity contribution in [3.05, 3.63) is 11.9 Å². The average Bonchev–Trinajstić information content (AvgIpc) is 2.44. The van der Waals surface area contributed by atoms with Gasteiger partial charge in [0.1, 0.15) is 0 Å². The van der Waals surface area contributed by atoms with Crippen molar-refractivity contribution in [2.45, 2.75) is 52.0 Å². The van der Waals surface area contributed by atoms with Gasteiger partial charge in [0.25, 0.3) is 0 Å². The Morgan fingerprint density at radius 2 is 2.12 bits per heavy atom. The Labute approximate surface area is 103 Å². The molecule has 1 aromatic heterocycles. The quantitative estimate of drug-likeness (QED) is 0.859. The van der Waals surface area contributed by atoms with Crippen molar-refractivity contribution < 1.29 is 0 Å². The van der Waals surface area contributed by atoms with E-state index in [9.17, 15) is 0 Å². The van der Waals surface area contributed by atoms with E-state index >= 15 is 0 Å². The molecule has 0 amide bonds. The second-order valence-corrected chi connectivity index (χ2v) is 6.61. The highest BCUT2D eigenvalue weighted by atomic mass is 32.2. The van der Waals surface area contributed by atoms with Gasteiger partial charge in [-0.3, -0.25) is 0 Å². The summed E-state index contributed by atoms with van der Waals surface area (Å²) in [4.78, 5) is 4.51. The van der Waals surface area contributed by atoms with Gasteiger partial charge in [0.2, 0.25) is 5.95 Å². The summed E-state index contributed by atoms with van der Waals surface area (Å²) in [5.41, 5.74) is 1.07. The number of imidazole rings is 1. The van der Waals surface area contributed by atoms with Crippen LogP contribution < -0.4 is 5.32 Å². The van der Waals surface area contributed by atoms with Crippen LogP contribution >= 0.6 is 11.8 Å². The highest BCUT2D eigenvalue weighted by Gasteiger charge is 2.19. The largest absolute Gasteiger partial charge is 0.353 e. The Morgan fingerprint density at radius 3 is 2.62 bits per heavy atom. The Hall–Kier alpha value is -0.640. The fourth-order valence-corrected chi connectivity index (χ4v) is 1.78. The molecule has 0 spiro atoms. The molecular formula is C12H23N3S. The zero-order chi connectivity index (χ0) is 12.3. The van der Waals surface area contributed by atoms with Gasteiger partial charge in [0.15, 0.2) is 0 Å². The van der Waals surface area contributed by atoms with Crippen LogP contribution in [-0.4, -0.2) is 26.6 Å². The van der Waals surface area contributed by atoms with E-state index in [0.717, 1.165) is 18.2 Å². The van der Waals surface area contributed by atoms with Crippen LogP contribution in [0.3, 0.4) is 0 Å². The average molecular weight is 241 g/mol. The Morgan fingerprint density at radius 1 is 1.50 bits per heavy atom. The van der Waals surface area contributed by atoms with Gasteiger partial charge >= 0.3 is 0 Å². The molecule has 0 saturated heterocycles. The molecule has 3 nitrogen and oxygen atoms in total. The fraction of sp³-hybridized carbons (Fsp3) is 0.750. The smallest absolute Gasteiger partial charge is 0.203 e. The summed E-state index contributed by atoms with van der Waals surface area (Å²) in [7, 11) is 0. The van der Waals surface area contributed by atoms with Crippen LogP contribution in [-0.2, 0) is 6.54 Å². The van der Waals surface area contributed by atoms with E-state index in [1.807, 2.05) is 18.7 Å². The fourth-order valence-electron chi connectivity index (χ4n) is 1.52. The van der Waals surface area contributed by atoms with Gasteiger partial charge in [0.05, 0.1) is 5.69 Å². The molecule has 4 heteroatoms. The number of anilines is 1. The molecule has 16 heavy (non-hydrogen) atoms. The van der Waals surface area contributed by atoms with Gasteiger partial charge in [-0.25, -0.2) is 4.98 Å². The molecule has 0 aliphatic heterocycles. The zero-order valence-corrected chi connectivity index (χ0v) is 12.0. The summed E-state index contributed by atoms with van der Waals surface area (Å²) in [6.07, 6.45) is 4.27. The monoisotopic (exact) mass is 241 g/mol. The van der Waals surface area contributed by atoms with E-state index in [2.05, 4.69) is 55.0 Å². The molecule has 1 rings (SSSR count). The summed E-state index contributed by atoms with van der Waals surface area (Å²) < 4.78 is 2.45. The minimum atomic E-state index is 0.237. The van der Waals surface area contributed by atoms with Crippen molar-refractivity contribution in [1.29, 1.82) is 0 Å². The number of hydrogen-bond donors (Lipinski definition) is 1. The topological polar surface area (TPSA) is 29.9 Å². The predicted octanol–water partition coefficient (Wildman–Crippen LogP) is 3.15. The predicted molar refractivity (Wildman–Crippen MR) is 73.3 cm³/mol. The molecule has 0 unspecified atom stereocenters. The molecule has 0 aliphatic rings. The highest BCUT2D eigenvalue weighted by Crippen LogP contribution is 2.25. The molecule has 92 valence electrons. The summed E-state index contributed by atoms with van der Waals surface area (Å²) >= 11 is 1.88. The lowest BCUT2D eigenvalue weighted by atomic mass is 10.2. The second kappa shape index (κ2) is 5.13. The Balaban J connectivity index is 2.86. The van der Waals surface area contributed by atoms with Crippen molar-refractivity contribution in [3.63, 3.8) is 0 Å². The molecule has 0 atom stereocenters. The molecule has 1 N–H and O–H groups in total. The van der Waals surface area contributed by atoms with Gasteiger partial charge in [-0.15, -0.1) is 0 Å². The molecule has 1 heterocycles. The SMILES string of the molecule is CSC(C)(C)Cn1cc(C)nc1NC(C)C. The van der Waals surface area contributed by atoms with Crippen molar-refractivity contribution in [2.75, 3.05) is 11.6 Å². The third-order valence-corrected chi connectivity index (χ3v) is 3.65. The third-order valence-electron chi connectivity index (χ3n) is 2.42. The number of hydrogen-bond acceptors (Lipinski definition) is 3. The maximum absolute atomic E-state index is 4.51. The van der Waals surface area contributed by atoms with Gasteiger partial charge in [-0.2, -0.15) is 11.8 Å². The van der Waals surface area contributed by atoms with Crippen molar-refractivity contribution >= 4 is 17.7 Å². The van der Waals surface area contributed by atoms with E-state index in [0.29, 0.717) is 6.04 Å². The standard InChI is InChI=1S/C12H23N3S/c1-9(2)13-11-14-10(3)7-15(11)8-12(4,5)16-6/h7,9H,8H2,1-6H3,(H,13,14). The second-order valence-electron chi connectivity index (χ2n) is 5.10. The van der Waals surface area contributed by atoms with Crippen molar-refractivity contribution in [1.82, 2.24) is 9.55 Å². The number of rotatable bonds is 5. The van der Waals surface area contributed by atoms with Crippen LogP contribution in [0.4, 0.5) is 5.95 Å². The van der Waals surface area contributed by atoms with Crippen LogP contribution in [0.25, 0.3) is 0 Å². The summed E-state index contributed by atoms with van der Waals surface area (Å²) in [5.74, 6) is 0.981. The van der Waals surface area contributed by atoms with Crippen molar-refractivity contribution in [3.8, 4) is 0 Å². The number of aryl methyl sites for hydroxylation is 1. The van der Waals surface area contributed by atoms with Gasteiger partial charge in [-0.1, -0.05) is 0 Å². The maximum atomic E-state index is 4.51. The highest BCUT2D eigenvalue weighted by molar-refractivity contribution is 7.99. The number of nitrogens with zero attached hydrogens (tertiary/aromatic N) is 2. The van der Waals surface area contributed by atoms with E-state index in [4.69, 9.17) is 0 Å². The van der Waals surface area contributed by atoms with E-state index in [1.54, 1.807) is 0 Å². The lowest BCUT2D eigenvalue weighted by Crippen LogP contribution is -2.24. The molecule has 0 aliphatic carbocycles. The molecule has 1 aromatic rings. The van der Waals surface area contributed by atoms with Crippen LogP contribution in [0.5, 0.6) is 0 Å². The van der Waals surface area contributed by atoms with Crippen LogP contribution in [0.15, 0.2) is 6.20 Å². The van der Waals surface area contributed by atoms with Crippen LogP contribution in [0, 0.1) is 6.92 Å². The van der Waals surface area contributed by atoms with E-state index in [-0.39, 0.29) is 4.75 Å². The molecular weight excluding hydrogens is 218 g/mol. The zero-order valence-electron chi connectivity index (χ0n) is 11.2. The number of thioether (sulfide) groups is 1. The summed E-state index contributed by atoms with van der Waals surface area (Å²) in [6, 6.07) is 0.415. The third kappa shape index (κ3) is 3.74. The molecule has 0 fully saturated rings. The normalized spacial score (nSPS) is 12.2. The minimum Gasteiger partial charge on any atom is -0.353 e. The van der Waals surface area contributed by atoms with Gasteiger partial charge < -0.3 is 9.88 Å². The van der Waals surface area contributed by atoms with E-state index in [1.165, 1.54) is 0 Å². The van der Waals surface area contributed by atoms with Crippen molar-refractivity contribution in [2.24, 2.45) is 0 Å². The van der Waals surface area contributed by atoms with E-state index < -0.39 is 0 Å². The summed E-state index contributed by atoms with van der Waals surface area (Å²) in [6.45, 7) is 11.8. The molecule has 0 saturated carbocycles. The molecule has 0 bridgehead atoms. The van der Waals surface area contributed by atoms with Crippen LogP contribution in [0.1, 0.15) is 33.4 Å². The lowest BCUT2D eigenvalue weighted by molar-refractivity contribution is 0.569. The first-order chi connectivity index (χ1) is 7.34. The minimum absolute atomic E-state index is 0.237. The summed E-state index contributed by atoms with van der Waals surface area (Å²) in [5, 5.41) is 3.38. The first-order valence-corrected chi connectivity index (χ1v) is 6.92. The Kier molecular flexibility index (Phi) is 4.30. The number of nitrogens with one attached hydrogen (secondary N) is 1. The lowest BCUT2D eigenvalue weighted by Gasteiger charge is -2.24. The number of aromatic nitrogens is 2. The molecule has 0 aromatic carbocycles. The first-order valence-electron chi connectivity index (χ1n) is 5.69. The van der Waals surface area contributed by atoms with Gasteiger partial charge in [-0.05, 0) is 40.9 Å². The maximum Gasteiger partial charge on any atom is 0.203 e. The van der Waals surface area contributed by atoms with Gasteiger partial charge in [0, 0.05) is 23.5 Å².